The van der Waals surface area contributed by atoms with Crippen LogP contribution in [0.5, 0.6) is 11.5 Å². The first-order valence-electron chi connectivity index (χ1n) is 9.54. The Labute approximate surface area is 176 Å². The first kappa shape index (κ1) is 22.0. The molecule has 11 nitrogen and oxygen atoms in total. The van der Waals surface area contributed by atoms with Gasteiger partial charge >= 0.3 is 6.16 Å². The predicted molar refractivity (Wildman–Crippen MR) is 106 cm³/mol. The summed E-state index contributed by atoms with van der Waals surface area (Å²) in [7, 11) is 0. The van der Waals surface area contributed by atoms with Crippen LogP contribution < -0.4 is 9.47 Å². The summed E-state index contributed by atoms with van der Waals surface area (Å²) >= 11 is 0. The molecule has 0 heterocycles. The van der Waals surface area contributed by atoms with Crippen LogP contribution in [0.3, 0.4) is 0 Å². The number of hydrogen-bond acceptors (Lipinski definition) is 9. The third-order valence-electron chi connectivity index (χ3n) is 4.69. The van der Waals surface area contributed by atoms with Crippen molar-refractivity contribution in [2.75, 3.05) is 6.79 Å². The van der Waals surface area contributed by atoms with Crippen molar-refractivity contribution in [2.24, 2.45) is 0 Å². The van der Waals surface area contributed by atoms with E-state index in [2.05, 4.69) is 0 Å². The van der Waals surface area contributed by atoms with Gasteiger partial charge in [0, 0.05) is 24.3 Å². The lowest BCUT2D eigenvalue weighted by Crippen LogP contribution is -2.37. The van der Waals surface area contributed by atoms with E-state index in [0.717, 1.165) is 12.8 Å². The van der Waals surface area contributed by atoms with Crippen molar-refractivity contribution in [2.45, 2.75) is 37.9 Å². The number of hydrogen-bond donors (Lipinski definition) is 0. The molecule has 2 unspecified atom stereocenters. The molecule has 2 aromatic rings. The van der Waals surface area contributed by atoms with Crippen LogP contribution in [0.1, 0.15) is 25.7 Å². The van der Waals surface area contributed by atoms with E-state index < -0.39 is 28.2 Å². The van der Waals surface area contributed by atoms with Crippen LogP contribution in [0.25, 0.3) is 0 Å². The van der Waals surface area contributed by atoms with Gasteiger partial charge in [-0.15, -0.1) is 0 Å². The average molecular weight is 432 g/mol. The number of non-ortho nitro benzene ring substituents is 2. The second-order valence-electron chi connectivity index (χ2n) is 6.76. The largest absolute Gasteiger partial charge is 0.514 e. The Morgan fingerprint density at radius 1 is 0.839 bits per heavy atom. The molecule has 1 fully saturated rings. The normalized spacial score (nSPS) is 18.1. The Balaban J connectivity index is 1.48. The maximum Gasteiger partial charge on any atom is 0.514 e. The molecule has 2 atom stereocenters. The highest BCUT2D eigenvalue weighted by atomic mass is 16.7. The zero-order valence-electron chi connectivity index (χ0n) is 16.4. The van der Waals surface area contributed by atoms with Crippen molar-refractivity contribution in [3.63, 3.8) is 0 Å². The van der Waals surface area contributed by atoms with Crippen molar-refractivity contribution in [1.82, 2.24) is 0 Å². The van der Waals surface area contributed by atoms with Crippen LogP contribution >= 0.6 is 0 Å². The van der Waals surface area contributed by atoms with Crippen LogP contribution in [-0.2, 0) is 9.47 Å². The molecule has 164 valence electrons. The topological polar surface area (TPSA) is 140 Å². The number of nitro groups is 2. The van der Waals surface area contributed by atoms with Gasteiger partial charge in [-0.05, 0) is 43.5 Å². The molecule has 1 aliphatic rings. The molecular formula is C20H20N2O9. The van der Waals surface area contributed by atoms with Gasteiger partial charge in [-0.25, -0.2) is 4.79 Å². The molecular weight excluding hydrogens is 412 g/mol. The van der Waals surface area contributed by atoms with E-state index in [1.807, 2.05) is 0 Å². The molecule has 0 aromatic heterocycles. The zero-order chi connectivity index (χ0) is 22.2. The smallest absolute Gasteiger partial charge is 0.468 e. The van der Waals surface area contributed by atoms with E-state index in [0.29, 0.717) is 18.6 Å². The summed E-state index contributed by atoms with van der Waals surface area (Å²) in [5, 5.41) is 21.3. The van der Waals surface area contributed by atoms with E-state index in [9.17, 15) is 25.0 Å². The molecule has 0 saturated heterocycles. The molecule has 11 heteroatoms. The van der Waals surface area contributed by atoms with Gasteiger partial charge in [0.25, 0.3) is 11.4 Å². The fourth-order valence-corrected chi connectivity index (χ4v) is 3.12. The lowest BCUT2D eigenvalue weighted by Gasteiger charge is -2.30. The number of nitro benzene ring substituents is 2. The number of carbonyl (C=O) groups excluding carboxylic acids is 1. The third-order valence-corrected chi connectivity index (χ3v) is 4.69. The summed E-state index contributed by atoms with van der Waals surface area (Å²) in [6.07, 6.45) is 1.18. The maximum absolute atomic E-state index is 12.1. The Hall–Kier alpha value is -3.73. The zero-order valence-corrected chi connectivity index (χ0v) is 16.4. The molecule has 0 bridgehead atoms. The lowest BCUT2D eigenvalue weighted by atomic mass is 9.95. The fraction of sp³-hybridized carbons (Fsp3) is 0.350. The van der Waals surface area contributed by atoms with Crippen molar-refractivity contribution in [1.29, 1.82) is 0 Å². The van der Waals surface area contributed by atoms with Crippen LogP contribution in [0.15, 0.2) is 48.5 Å². The number of rotatable bonds is 8. The minimum atomic E-state index is -0.925. The van der Waals surface area contributed by atoms with Crippen LogP contribution in [0.2, 0.25) is 0 Å². The van der Waals surface area contributed by atoms with Crippen LogP contribution in [0.4, 0.5) is 16.2 Å². The summed E-state index contributed by atoms with van der Waals surface area (Å²) in [6.45, 7) is -0.111. The van der Waals surface area contributed by atoms with E-state index in [1.165, 1.54) is 48.5 Å². The first-order chi connectivity index (χ1) is 14.9. The molecule has 0 amide bonds. The Morgan fingerprint density at radius 2 is 1.35 bits per heavy atom. The highest BCUT2D eigenvalue weighted by Gasteiger charge is 2.30. The van der Waals surface area contributed by atoms with Crippen molar-refractivity contribution < 1.29 is 33.6 Å². The minimum Gasteiger partial charge on any atom is -0.468 e. The Bertz CT molecular complexity index is 915. The van der Waals surface area contributed by atoms with Crippen molar-refractivity contribution >= 4 is 17.5 Å². The molecule has 0 spiro atoms. The molecule has 0 radical (unpaired) electrons. The summed E-state index contributed by atoms with van der Waals surface area (Å²) in [5.41, 5.74) is -0.157. The summed E-state index contributed by atoms with van der Waals surface area (Å²) < 4.78 is 21.6. The summed E-state index contributed by atoms with van der Waals surface area (Å²) in [4.78, 5) is 32.4. The molecule has 1 saturated carbocycles. The van der Waals surface area contributed by atoms with E-state index in [1.54, 1.807) is 0 Å². The first-order valence-corrected chi connectivity index (χ1v) is 9.54. The molecule has 0 N–H and O–H groups in total. The minimum absolute atomic E-state index is 0.0412. The quantitative estimate of drug-likeness (QED) is 0.195. The number of ether oxygens (including phenoxy) is 4. The third kappa shape index (κ3) is 6.37. The molecule has 1 aliphatic carbocycles. The van der Waals surface area contributed by atoms with Crippen molar-refractivity contribution in [3.8, 4) is 11.5 Å². The van der Waals surface area contributed by atoms with Crippen LogP contribution in [-0.4, -0.2) is 35.0 Å². The molecule has 31 heavy (non-hydrogen) atoms. The number of benzene rings is 2. The van der Waals surface area contributed by atoms with Gasteiger partial charge in [-0.1, -0.05) is 6.42 Å². The molecule has 2 aromatic carbocycles. The van der Waals surface area contributed by atoms with E-state index >= 15 is 0 Å². The highest BCUT2D eigenvalue weighted by Crippen LogP contribution is 2.26. The Kier molecular flexibility index (Phi) is 7.33. The number of carbonyl (C=O) groups is 1. The summed E-state index contributed by atoms with van der Waals surface area (Å²) in [5.74, 6) is 0.543. The lowest BCUT2D eigenvalue weighted by molar-refractivity contribution is -0.385. The average Bonchev–Trinajstić information content (AvgIpc) is 2.75. The maximum atomic E-state index is 12.1. The van der Waals surface area contributed by atoms with Gasteiger partial charge in [-0.2, -0.15) is 0 Å². The van der Waals surface area contributed by atoms with E-state index in [4.69, 9.17) is 18.9 Å². The standard InChI is InChI=1S/C20H20N2O9/c23-20(30-17-11-7-15(8-12-17)22(26)27)31-19-4-2-1-3-18(19)29-13-28-16-9-5-14(6-10-16)21(24)25/h5-12,18-19H,1-4,13H2. The Morgan fingerprint density at radius 3 is 1.90 bits per heavy atom. The van der Waals surface area contributed by atoms with Gasteiger partial charge in [0.15, 0.2) is 6.79 Å². The molecule has 3 rings (SSSR count). The summed E-state index contributed by atoms with van der Waals surface area (Å²) in [6, 6.07) is 10.7. The van der Waals surface area contributed by atoms with Gasteiger partial charge in [0.2, 0.25) is 0 Å². The predicted octanol–water partition coefficient (Wildman–Crippen LogP) is 4.38. The van der Waals surface area contributed by atoms with Gasteiger partial charge < -0.3 is 18.9 Å². The monoisotopic (exact) mass is 432 g/mol. The van der Waals surface area contributed by atoms with Crippen molar-refractivity contribution in [3.05, 3.63) is 68.8 Å². The van der Waals surface area contributed by atoms with Gasteiger partial charge in [0.1, 0.15) is 17.6 Å². The second kappa shape index (κ2) is 10.3. The second-order valence-corrected chi connectivity index (χ2v) is 6.76. The van der Waals surface area contributed by atoms with Crippen LogP contribution in [0, 0.1) is 20.2 Å². The number of nitrogens with zero attached hydrogens (tertiary/aromatic N) is 2. The fourth-order valence-electron chi connectivity index (χ4n) is 3.12. The molecule has 0 aliphatic heterocycles. The van der Waals surface area contributed by atoms with E-state index in [-0.39, 0.29) is 23.9 Å². The highest BCUT2D eigenvalue weighted by molar-refractivity contribution is 5.64. The SMILES string of the molecule is O=C(Oc1ccc([N+](=O)[O-])cc1)OC1CCCCC1OCOc1ccc([N+](=O)[O-])cc1. The van der Waals surface area contributed by atoms with Gasteiger partial charge in [-0.3, -0.25) is 20.2 Å². The van der Waals surface area contributed by atoms with Gasteiger partial charge in [0.05, 0.1) is 16.0 Å².